The Hall–Kier alpha value is -0.930. The Morgan fingerprint density at radius 1 is 1.33 bits per heavy atom. The first-order valence-electron chi connectivity index (χ1n) is 9.70. The van der Waals surface area contributed by atoms with E-state index in [9.17, 15) is 4.39 Å². The molecule has 0 amide bonds. The molecule has 1 heterocycles. The van der Waals surface area contributed by atoms with Crippen LogP contribution in [0.4, 0.5) is 4.39 Å². The maximum absolute atomic E-state index is 13.2. The lowest BCUT2D eigenvalue weighted by atomic mass is 10.1. The van der Waals surface area contributed by atoms with Gasteiger partial charge in [0, 0.05) is 38.8 Å². The molecular formula is C20H33FIN3O2. The number of benzene rings is 1. The third-order valence-corrected chi connectivity index (χ3v) is 4.26. The van der Waals surface area contributed by atoms with Gasteiger partial charge in [0.05, 0.1) is 13.2 Å². The number of nitrogens with one attached hydrogen (secondary N) is 2. The molecule has 1 unspecified atom stereocenters. The molecule has 1 aromatic carbocycles. The Kier molecular flexibility index (Phi) is 13.4. The molecule has 1 saturated heterocycles. The van der Waals surface area contributed by atoms with E-state index in [0.29, 0.717) is 12.5 Å². The number of guanidine groups is 1. The summed E-state index contributed by atoms with van der Waals surface area (Å²) in [5.74, 6) is 1.22. The number of aliphatic imine (C=N–C) groups is 1. The highest BCUT2D eigenvalue weighted by atomic mass is 127. The molecule has 1 aliphatic heterocycles. The third kappa shape index (κ3) is 10.8. The minimum absolute atomic E-state index is 0. The molecule has 1 atom stereocenters. The van der Waals surface area contributed by atoms with Gasteiger partial charge in [0.25, 0.3) is 0 Å². The lowest BCUT2D eigenvalue weighted by molar-refractivity contribution is 0.0888. The highest BCUT2D eigenvalue weighted by molar-refractivity contribution is 14.0. The Balaban J connectivity index is 0.00000364. The van der Waals surface area contributed by atoms with Gasteiger partial charge >= 0.3 is 0 Å². The van der Waals surface area contributed by atoms with E-state index in [1.165, 1.54) is 6.07 Å². The van der Waals surface area contributed by atoms with Crippen LogP contribution in [-0.4, -0.2) is 52.0 Å². The number of halogens is 2. The van der Waals surface area contributed by atoms with Gasteiger partial charge in [0.1, 0.15) is 5.82 Å². The minimum atomic E-state index is -0.177. The molecule has 0 aromatic heterocycles. The molecule has 1 aliphatic rings. The van der Waals surface area contributed by atoms with Crippen LogP contribution in [0.3, 0.4) is 0 Å². The molecule has 5 nitrogen and oxygen atoms in total. The van der Waals surface area contributed by atoms with Crippen molar-refractivity contribution in [2.24, 2.45) is 10.9 Å². The largest absolute Gasteiger partial charge is 0.381 e. The molecule has 1 aromatic rings. The van der Waals surface area contributed by atoms with Gasteiger partial charge in [-0.25, -0.2) is 4.39 Å². The Morgan fingerprint density at radius 2 is 2.22 bits per heavy atom. The van der Waals surface area contributed by atoms with Crippen molar-refractivity contribution in [1.29, 1.82) is 0 Å². The van der Waals surface area contributed by atoms with E-state index in [-0.39, 0.29) is 29.8 Å². The normalized spacial score (nSPS) is 16.8. The molecule has 0 saturated carbocycles. The van der Waals surface area contributed by atoms with E-state index in [0.717, 1.165) is 76.7 Å². The van der Waals surface area contributed by atoms with Crippen LogP contribution in [0.25, 0.3) is 0 Å². The van der Waals surface area contributed by atoms with Crippen LogP contribution in [0, 0.1) is 11.7 Å². The fraction of sp³-hybridized carbons (Fsp3) is 0.650. The van der Waals surface area contributed by atoms with Gasteiger partial charge in [0.15, 0.2) is 5.96 Å². The van der Waals surface area contributed by atoms with Crippen LogP contribution < -0.4 is 10.6 Å². The summed E-state index contributed by atoms with van der Waals surface area (Å²) < 4.78 is 24.2. The Morgan fingerprint density at radius 3 is 2.96 bits per heavy atom. The Labute approximate surface area is 179 Å². The van der Waals surface area contributed by atoms with Crippen molar-refractivity contribution in [3.05, 3.63) is 35.6 Å². The predicted molar refractivity (Wildman–Crippen MR) is 118 cm³/mol. The zero-order chi connectivity index (χ0) is 18.5. The second kappa shape index (κ2) is 15.0. The SMILES string of the molecule is CCNC(=NCCCc1cccc(F)c1)NCCCOCC1CCOC1.I. The monoisotopic (exact) mass is 493 g/mol. The molecule has 2 N–H and O–H groups in total. The van der Waals surface area contributed by atoms with Crippen molar-refractivity contribution in [3.8, 4) is 0 Å². The zero-order valence-corrected chi connectivity index (χ0v) is 18.5. The fourth-order valence-electron chi connectivity index (χ4n) is 2.85. The van der Waals surface area contributed by atoms with Gasteiger partial charge in [-0.2, -0.15) is 0 Å². The molecule has 0 bridgehead atoms. The van der Waals surface area contributed by atoms with E-state index >= 15 is 0 Å². The summed E-state index contributed by atoms with van der Waals surface area (Å²) in [5.41, 5.74) is 1.02. The number of hydrogen-bond acceptors (Lipinski definition) is 3. The van der Waals surface area contributed by atoms with Crippen LogP contribution in [0.2, 0.25) is 0 Å². The summed E-state index contributed by atoms with van der Waals surface area (Å²) >= 11 is 0. The van der Waals surface area contributed by atoms with Gasteiger partial charge < -0.3 is 20.1 Å². The summed E-state index contributed by atoms with van der Waals surface area (Å²) in [5, 5.41) is 6.58. The van der Waals surface area contributed by atoms with Gasteiger partial charge in [-0.3, -0.25) is 4.99 Å². The van der Waals surface area contributed by atoms with Crippen molar-refractivity contribution < 1.29 is 13.9 Å². The maximum atomic E-state index is 13.2. The summed E-state index contributed by atoms with van der Waals surface area (Å²) in [7, 11) is 0. The van der Waals surface area contributed by atoms with Crippen molar-refractivity contribution in [1.82, 2.24) is 10.6 Å². The van der Waals surface area contributed by atoms with Gasteiger partial charge in [-0.15, -0.1) is 24.0 Å². The van der Waals surface area contributed by atoms with Crippen LogP contribution in [0.5, 0.6) is 0 Å². The second-order valence-electron chi connectivity index (χ2n) is 6.58. The van der Waals surface area contributed by atoms with Crippen molar-refractivity contribution in [2.75, 3.05) is 46.1 Å². The average molecular weight is 493 g/mol. The van der Waals surface area contributed by atoms with E-state index in [4.69, 9.17) is 9.47 Å². The highest BCUT2D eigenvalue weighted by Gasteiger charge is 2.15. The second-order valence-corrected chi connectivity index (χ2v) is 6.58. The topological polar surface area (TPSA) is 54.9 Å². The van der Waals surface area contributed by atoms with E-state index in [2.05, 4.69) is 22.5 Å². The first-order chi connectivity index (χ1) is 12.8. The molecule has 0 radical (unpaired) electrons. The van der Waals surface area contributed by atoms with Crippen LogP contribution in [-0.2, 0) is 15.9 Å². The number of ether oxygens (including phenoxy) is 2. The lowest BCUT2D eigenvalue weighted by Gasteiger charge is -2.12. The van der Waals surface area contributed by atoms with Crippen molar-refractivity contribution >= 4 is 29.9 Å². The minimum Gasteiger partial charge on any atom is -0.381 e. The van der Waals surface area contributed by atoms with E-state index in [1.54, 1.807) is 12.1 Å². The van der Waals surface area contributed by atoms with Crippen LogP contribution >= 0.6 is 24.0 Å². The molecule has 0 spiro atoms. The molecule has 27 heavy (non-hydrogen) atoms. The van der Waals surface area contributed by atoms with E-state index in [1.807, 2.05) is 6.07 Å². The summed E-state index contributed by atoms with van der Waals surface area (Å²) in [6, 6.07) is 6.76. The molecule has 7 heteroatoms. The quantitative estimate of drug-likeness (QED) is 0.215. The van der Waals surface area contributed by atoms with Gasteiger partial charge in [-0.1, -0.05) is 12.1 Å². The number of rotatable bonds is 11. The van der Waals surface area contributed by atoms with Gasteiger partial charge in [0.2, 0.25) is 0 Å². The molecule has 1 fully saturated rings. The fourth-order valence-corrected chi connectivity index (χ4v) is 2.85. The van der Waals surface area contributed by atoms with Crippen LogP contribution in [0.1, 0.15) is 31.7 Å². The predicted octanol–water partition coefficient (Wildman–Crippen LogP) is 3.37. The summed E-state index contributed by atoms with van der Waals surface area (Å²) in [4.78, 5) is 4.58. The number of aryl methyl sites for hydroxylation is 1. The van der Waals surface area contributed by atoms with Gasteiger partial charge in [-0.05, 0) is 50.3 Å². The standard InChI is InChI=1S/C20H32FN3O2.HI/c1-2-22-20(23-10-4-7-17-6-3-8-19(21)14-17)24-11-5-12-25-15-18-9-13-26-16-18;/h3,6,8,14,18H,2,4-5,7,9-13,15-16H2,1H3,(H2,22,23,24);1H. The molecular weight excluding hydrogens is 460 g/mol. The first-order valence-corrected chi connectivity index (χ1v) is 9.70. The molecule has 0 aliphatic carbocycles. The van der Waals surface area contributed by atoms with Crippen LogP contribution in [0.15, 0.2) is 29.3 Å². The highest BCUT2D eigenvalue weighted by Crippen LogP contribution is 2.12. The first kappa shape index (κ1) is 24.1. The van der Waals surface area contributed by atoms with Crippen molar-refractivity contribution in [3.63, 3.8) is 0 Å². The third-order valence-electron chi connectivity index (χ3n) is 4.26. The number of nitrogens with zero attached hydrogens (tertiary/aromatic N) is 1. The Bertz CT molecular complexity index is 540. The van der Waals surface area contributed by atoms with Crippen molar-refractivity contribution in [2.45, 2.75) is 32.6 Å². The lowest BCUT2D eigenvalue weighted by Crippen LogP contribution is -2.38. The maximum Gasteiger partial charge on any atom is 0.191 e. The number of hydrogen-bond donors (Lipinski definition) is 2. The van der Waals surface area contributed by atoms with E-state index < -0.39 is 0 Å². The zero-order valence-electron chi connectivity index (χ0n) is 16.2. The summed E-state index contributed by atoms with van der Waals surface area (Å²) in [6.45, 7) is 7.69. The smallest absolute Gasteiger partial charge is 0.191 e. The molecule has 154 valence electrons. The molecule has 2 rings (SSSR count). The average Bonchev–Trinajstić information content (AvgIpc) is 3.15. The summed E-state index contributed by atoms with van der Waals surface area (Å²) in [6.07, 6.45) is 3.79.